The van der Waals surface area contributed by atoms with E-state index in [9.17, 15) is 13.2 Å². The lowest BCUT2D eigenvalue weighted by Gasteiger charge is -2.34. The monoisotopic (exact) mass is 545 g/mol. The van der Waals surface area contributed by atoms with Gasteiger partial charge in [0.15, 0.2) is 5.82 Å². The van der Waals surface area contributed by atoms with E-state index in [0.29, 0.717) is 36.0 Å². The van der Waals surface area contributed by atoms with Gasteiger partial charge in [-0.1, -0.05) is 29.9 Å². The minimum atomic E-state index is -3.84. The Morgan fingerprint density at radius 1 is 1.24 bits per heavy atom. The van der Waals surface area contributed by atoms with E-state index < -0.39 is 15.6 Å². The maximum Gasteiger partial charge on any atom is 0.410 e. The van der Waals surface area contributed by atoms with E-state index in [1.165, 1.54) is 6.20 Å². The lowest BCUT2D eigenvalue weighted by Crippen LogP contribution is -2.47. The van der Waals surface area contributed by atoms with Gasteiger partial charge in [0.1, 0.15) is 11.3 Å². The summed E-state index contributed by atoms with van der Waals surface area (Å²) in [5, 5.41) is 3.24. The topological polar surface area (TPSA) is 105 Å². The number of hydrogen-bond acceptors (Lipinski definition) is 7. The number of nitrogens with zero attached hydrogens (tertiary/aromatic N) is 4. The van der Waals surface area contributed by atoms with Crippen molar-refractivity contribution < 1.29 is 17.9 Å². The molecule has 9 nitrogen and oxygen atoms in total. The largest absolute Gasteiger partial charge is 0.444 e. The number of ether oxygens (including phenoxy) is 1. The first-order valence-electron chi connectivity index (χ1n) is 12.1. The van der Waals surface area contributed by atoms with Crippen LogP contribution in [-0.2, 0) is 14.8 Å². The van der Waals surface area contributed by atoms with E-state index >= 15 is 0 Å². The summed E-state index contributed by atoms with van der Waals surface area (Å²) in [6.45, 7) is 14.3. The van der Waals surface area contributed by atoms with Crippen molar-refractivity contribution in [1.29, 1.82) is 0 Å². The highest BCUT2D eigenvalue weighted by molar-refractivity contribution is 7.90. The van der Waals surface area contributed by atoms with E-state index in [-0.39, 0.29) is 22.7 Å². The summed E-state index contributed by atoms with van der Waals surface area (Å²) < 4.78 is 32.8. The van der Waals surface area contributed by atoms with Crippen LogP contribution >= 0.6 is 12.2 Å². The summed E-state index contributed by atoms with van der Waals surface area (Å²) in [6.07, 6.45) is 2.82. The van der Waals surface area contributed by atoms with Crippen LogP contribution in [0.1, 0.15) is 46.1 Å². The first-order valence-corrected chi connectivity index (χ1v) is 14.0. The summed E-state index contributed by atoms with van der Waals surface area (Å²) in [7, 11) is -3.84. The number of piperidine rings is 1. The summed E-state index contributed by atoms with van der Waals surface area (Å²) in [6, 6.07) is 8.21. The van der Waals surface area contributed by atoms with Gasteiger partial charge >= 0.3 is 6.09 Å². The van der Waals surface area contributed by atoms with Gasteiger partial charge in [0.2, 0.25) is 0 Å². The smallest absolute Gasteiger partial charge is 0.410 e. The van der Waals surface area contributed by atoms with Gasteiger partial charge in [0.25, 0.3) is 10.0 Å². The number of hydrogen-bond donors (Lipinski definition) is 1. The molecular weight excluding hydrogens is 510 g/mol. The molecule has 11 heteroatoms. The molecule has 1 amide bonds. The Morgan fingerprint density at radius 2 is 1.92 bits per heavy atom. The minimum absolute atomic E-state index is 0.0233. The molecule has 200 valence electrons. The van der Waals surface area contributed by atoms with Gasteiger partial charge < -0.3 is 15.0 Å². The van der Waals surface area contributed by atoms with Crippen molar-refractivity contribution in [2.24, 2.45) is 15.9 Å². The van der Waals surface area contributed by atoms with Crippen LogP contribution in [0.5, 0.6) is 0 Å². The highest BCUT2D eigenvalue weighted by Gasteiger charge is 2.29. The second-order valence-corrected chi connectivity index (χ2v) is 12.4. The van der Waals surface area contributed by atoms with Crippen molar-refractivity contribution in [1.82, 2.24) is 14.2 Å². The Kier molecular flexibility index (Phi) is 8.91. The van der Waals surface area contributed by atoms with Crippen LogP contribution in [0.2, 0.25) is 0 Å². The summed E-state index contributed by atoms with van der Waals surface area (Å²) >= 11 is 5.61. The third-order valence-corrected chi connectivity index (χ3v) is 7.96. The predicted octanol–water partition coefficient (Wildman–Crippen LogP) is 5.02. The molecule has 37 heavy (non-hydrogen) atoms. The standard InChI is InChI=1S/C26H35N5O4S2/c1-18-9-11-21(12-10-18)37(33,34)31-15-13-22(23(31)27-6)29-19(2)16-28-24(36)20-8-7-14-30(17-20)25(32)35-26(3,4)5/h9-13,15,20H,6-8,14,16-17H2,1-5H3,(H,28,36)/b29-19+/t20-/m1/s1. The van der Waals surface area contributed by atoms with Crippen LogP contribution in [-0.4, -0.2) is 66.0 Å². The van der Waals surface area contributed by atoms with Crippen molar-refractivity contribution >= 4 is 57.3 Å². The van der Waals surface area contributed by atoms with Gasteiger partial charge in [-0.15, -0.1) is 0 Å². The van der Waals surface area contributed by atoms with Gasteiger partial charge in [-0.25, -0.2) is 22.2 Å². The molecule has 1 N–H and O–H groups in total. The first-order chi connectivity index (χ1) is 17.3. The van der Waals surface area contributed by atoms with E-state index in [1.54, 1.807) is 35.2 Å². The molecule has 2 aromatic rings. The van der Waals surface area contributed by atoms with Gasteiger partial charge in [-0.2, -0.15) is 0 Å². The van der Waals surface area contributed by atoms with Gasteiger partial charge in [0.05, 0.1) is 16.4 Å². The number of aromatic nitrogens is 1. The maximum absolute atomic E-state index is 13.1. The van der Waals surface area contributed by atoms with Gasteiger partial charge in [-0.3, -0.25) is 4.99 Å². The molecule has 1 fully saturated rings. The maximum atomic E-state index is 13.1. The molecule has 3 rings (SSSR count). The number of aryl methyl sites for hydroxylation is 1. The first kappa shape index (κ1) is 28.5. The van der Waals surface area contributed by atoms with Crippen molar-refractivity contribution in [3.63, 3.8) is 0 Å². The Balaban J connectivity index is 1.66. The van der Waals surface area contributed by atoms with Crippen molar-refractivity contribution in [3.8, 4) is 0 Å². The van der Waals surface area contributed by atoms with E-state index in [0.717, 1.165) is 22.4 Å². The van der Waals surface area contributed by atoms with Gasteiger partial charge in [0, 0.05) is 30.9 Å². The number of carbonyl (C=O) groups excluding carboxylic acids is 1. The lowest BCUT2D eigenvalue weighted by molar-refractivity contribution is 0.0194. The number of carbonyl (C=O) groups is 1. The normalized spacial score (nSPS) is 16.8. The molecule has 1 aromatic carbocycles. The fourth-order valence-electron chi connectivity index (χ4n) is 3.94. The average molecular weight is 546 g/mol. The Morgan fingerprint density at radius 3 is 2.54 bits per heavy atom. The third kappa shape index (κ3) is 7.26. The van der Waals surface area contributed by atoms with Crippen LogP contribution < -0.4 is 5.32 Å². The molecule has 1 aliphatic heterocycles. The Hall–Kier alpha value is -3.05. The number of nitrogens with one attached hydrogen (secondary N) is 1. The second-order valence-electron chi connectivity index (χ2n) is 10.1. The SMILES string of the molecule is C=Nc1c(/N=C(\C)CNC(=S)[C@@H]2CCCN(C(=O)OC(C)(C)C)C2)ccn1S(=O)(=O)c1ccc(C)cc1. The summed E-state index contributed by atoms with van der Waals surface area (Å²) in [4.78, 5) is 23.5. The number of benzene rings is 1. The van der Waals surface area contributed by atoms with E-state index in [4.69, 9.17) is 17.0 Å². The van der Waals surface area contributed by atoms with Crippen molar-refractivity contribution in [2.45, 2.75) is 58.0 Å². The number of amides is 1. The minimum Gasteiger partial charge on any atom is -0.444 e. The van der Waals surface area contributed by atoms with Crippen LogP contribution in [0.15, 0.2) is 51.4 Å². The fourth-order valence-corrected chi connectivity index (χ4v) is 5.51. The van der Waals surface area contributed by atoms with Crippen LogP contribution in [0.4, 0.5) is 16.3 Å². The number of thiocarbonyl (C=S) groups is 1. The molecule has 0 bridgehead atoms. The van der Waals surface area contributed by atoms with Crippen LogP contribution in [0, 0.1) is 12.8 Å². The van der Waals surface area contributed by atoms with Crippen LogP contribution in [0.3, 0.4) is 0 Å². The Labute approximate surface area is 224 Å². The number of aliphatic imine (C=N–C) groups is 2. The number of likely N-dealkylation sites (tertiary alicyclic amines) is 1. The highest BCUT2D eigenvalue weighted by atomic mass is 32.2. The summed E-state index contributed by atoms with van der Waals surface area (Å²) in [5.41, 5.74) is 1.50. The molecule has 1 aromatic heterocycles. The zero-order valence-electron chi connectivity index (χ0n) is 22.0. The predicted molar refractivity (Wildman–Crippen MR) is 151 cm³/mol. The zero-order valence-corrected chi connectivity index (χ0v) is 23.7. The quantitative estimate of drug-likeness (QED) is 0.387. The molecule has 2 heterocycles. The molecule has 1 saturated heterocycles. The lowest BCUT2D eigenvalue weighted by atomic mass is 9.98. The average Bonchev–Trinajstić information content (AvgIpc) is 3.25. The van der Waals surface area contributed by atoms with Crippen LogP contribution in [0.25, 0.3) is 0 Å². The van der Waals surface area contributed by atoms with E-state index in [2.05, 4.69) is 22.0 Å². The molecule has 0 radical (unpaired) electrons. The van der Waals surface area contributed by atoms with Crippen molar-refractivity contribution in [2.75, 3.05) is 19.6 Å². The molecule has 0 saturated carbocycles. The molecule has 0 spiro atoms. The molecule has 0 unspecified atom stereocenters. The molecule has 1 aliphatic rings. The fraction of sp³-hybridized carbons (Fsp3) is 0.462. The van der Waals surface area contributed by atoms with E-state index in [1.807, 2.05) is 34.6 Å². The molecule has 1 atom stereocenters. The van der Waals surface area contributed by atoms with Gasteiger partial charge in [-0.05, 0) is 72.4 Å². The molecule has 0 aliphatic carbocycles. The zero-order chi connectivity index (χ0) is 27.4. The second kappa shape index (κ2) is 11.6. The Bertz CT molecular complexity index is 1290. The van der Waals surface area contributed by atoms with Crippen molar-refractivity contribution in [3.05, 3.63) is 42.1 Å². The highest BCUT2D eigenvalue weighted by Crippen LogP contribution is 2.32. The molecular formula is C26H35N5O4S2. The number of rotatable bonds is 7. The summed E-state index contributed by atoms with van der Waals surface area (Å²) in [5.74, 6) is 0.165. The third-order valence-electron chi connectivity index (χ3n) is 5.81.